The van der Waals surface area contributed by atoms with Crippen LogP contribution in [0.4, 0.5) is 0 Å². The number of hydrogen-bond donors (Lipinski definition) is 0. The molecule has 0 radical (unpaired) electrons. The van der Waals surface area contributed by atoms with E-state index < -0.39 is 17.5 Å². The fourth-order valence-corrected chi connectivity index (χ4v) is 2.46. The Morgan fingerprint density at radius 2 is 2.20 bits per heavy atom. The van der Waals surface area contributed by atoms with Gasteiger partial charge in [0.15, 0.2) is 5.78 Å². The first-order valence-corrected chi connectivity index (χ1v) is 5.54. The zero-order valence-corrected chi connectivity index (χ0v) is 8.95. The molecule has 2 aliphatic rings. The van der Waals surface area contributed by atoms with Crippen LogP contribution in [0.2, 0.25) is 0 Å². The normalized spacial score (nSPS) is 28.6. The van der Waals surface area contributed by atoms with Crippen molar-refractivity contribution >= 4 is 11.8 Å². The topological polar surface area (TPSA) is 52.6 Å². The van der Waals surface area contributed by atoms with E-state index in [9.17, 15) is 9.59 Å². The van der Waals surface area contributed by atoms with Crippen molar-refractivity contribution in [1.29, 1.82) is 0 Å². The van der Waals surface area contributed by atoms with Crippen LogP contribution in [0.1, 0.15) is 32.6 Å². The van der Waals surface area contributed by atoms with Gasteiger partial charge >= 0.3 is 5.97 Å². The van der Waals surface area contributed by atoms with Crippen LogP contribution in [0.5, 0.6) is 0 Å². The van der Waals surface area contributed by atoms with Crippen LogP contribution in [0.25, 0.3) is 0 Å². The number of carbonyl (C=O) groups is 2. The van der Waals surface area contributed by atoms with Gasteiger partial charge in [-0.05, 0) is 32.6 Å². The molecule has 0 N–H and O–H groups in total. The van der Waals surface area contributed by atoms with E-state index >= 15 is 0 Å². The molecular weight excluding hydrogens is 196 g/mol. The second-order valence-corrected chi connectivity index (χ2v) is 4.18. The van der Waals surface area contributed by atoms with Crippen LogP contribution >= 0.6 is 0 Å². The molecule has 15 heavy (non-hydrogen) atoms. The minimum Gasteiger partial charge on any atom is -0.465 e. The van der Waals surface area contributed by atoms with Crippen LogP contribution in [-0.4, -0.2) is 30.6 Å². The summed E-state index contributed by atoms with van der Waals surface area (Å²) in [6.45, 7) is 2.26. The van der Waals surface area contributed by atoms with E-state index in [0.717, 1.165) is 25.7 Å². The molecule has 2 rings (SSSR count). The van der Waals surface area contributed by atoms with Crippen molar-refractivity contribution in [2.75, 3.05) is 13.2 Å². The summed E-state index contributed by atoms with van der Waals surface area (Å²) in [5.74, 6) is -1.16. The molecule has 4 nitrogen and oxygen atoms in total. The van der Waals surface area contributed by atoms with Gasteiger partial charge in [0.25, 0.3) is 0 Å². The summed E-state index contributed by atoms with van der Waals surface area (Å²) >= 11 is 0. The molecule has 1 aliphatic carbocycles. The molecule has 0 aromatic carbocycles. The smallest absolute Gasteiger partial charge is 0.318 e. The Balaban J connectivity index is 2.06. The molecule has 1 spiro atoms. The summed E-state index contributed by atoms with van der Waals surface area (Å²) in [7, 11) is 0. The predicted molar refractivity (Wildman–Crippen MR) is 52.3 cm³/mol. The van der Waals surface area contributed by atoms with Crippen molar-refractivity contribution in [3.63, 3.8) is 0 Å². The molecule has 0 aromatic rings. The predicted octanol–water partition coefficient (Wildman–Crippen LogP) is 1.08. The molecule has 0 aromatic heterocycles. The maximum Gasteiger partial charge on any atom is 0.318 e. The molecular formula is C11H16O4. The van der Waals surface area contributed by atoms with Crippen molar-refractivity contribution in [1.82, 2.24) is 0 Å². The SMILES string of the molecule is CCOC(=O)C1COC2(CCCC2)C1=O. The third kappa shape index (κ3) is 1.67. The van der Waals surface area contributed by atoms with E-state index in [0.29, 0.717) is 6.61 Å². The van der Waals surface area contributed by atoms with Crippen LogP contribution in [0.3, 0.4) is 0 Å². The molecule has 1 unspecified atom stereocenters. The Kier molecular flexibility index (Phi) is 2.78. The highest BCUT2D eigenvalue weighted by atomic mass is 16.5. The van der Waals surface area contributed by atoms with Crippen LogP contribution in [-0.2, 0) is 19.1 Å². The third-order valence-corrected chi connectivity index (χ3v) is 3.27. The monoisotopic (exact) mass is 212 g/mol. The highest BCUT2D eigenvalue weighted by Gasteiger charge is 2.53. The molecule has 1 aliphatic heterocycles. The molecule has 2 fully saturated rings. The summed E-state index contributed by atoms with van der Waals surface area (Å²) in [5, 5.41) is 0. The number of hydrogen-bond acceptors (Lipinski definition) is 4. The molecule has 0 amide bonds. The number of rotatable bonds is 2. The first-order valence-electron chi connectivity index (χ1n) is 5.54. The highest BCUT2D eigenvalue weighted by molar-refractivity contribution is 6.05. The van der Waals surface area contributed by atoms with Gasteiger partial charge in [-0.2, -0.15) is 0 Å². The number of Topliss-reactive ketones (excluding diaryl/α,β-unsaturated/α-hetero) is 1. The van der Waals surface area contributed by atoms with E-state index in [-0.39, 0.29) is 12.4 Å². The van der Waals surface area contributed by atoms with Crippen molar-refractivity contribution in [2.45, 2.75) is 38.2 Å². The Hall–Kier alpha value is -0.900. The Morgan fingerprint density at radius 1 is 1.53 bits per heavy atom. The quantitative estimate of drug-likeness (QED) is 0.507. The maximum atomic E-state index is 12.0. The number of ether oxygens (including phenoxy) is 2. The lowest BCUT2D eigenvalue weighted by Crippen LogP contribution is -2.36. The van der Waals surface area contributed by atoms with Gasteiger partial charge in [-0.15, -0.1) is 0 Å². The van der Waals surface area contributed by atoms with Crippen LogP contribution in [0.15, 0.2) is 0 Å². The Morgan fingerprint density at radius 3 is 2.80 bits per heavy atom. The van der Waals surface area contributed by atoms with Crippen LogP contribution in [0, 0.1) is 5.92 Å². The van der Waals surface area contributed by atoms with Gasteiger partial charge in [-0.1, -0.05) is 0 Å². The summed E-state index contributed by atoms with van der Waals surface area (Å²) in [4.78, 5) is 23.5. The molecule has 1 atom stereocenters. The zero-order chi connectivity index (χ0) is 10.9. The minimum absolute atomic E-state index is 0.0570. The summed E-state index contributed by atoms with van der Waals surface area (Å²) in [6.07, 6.45) is 3.56. The third-order valence-electron chi connectivity index (χ3n) is 3.27. The van der Waals surface area contributed by atoms with E-state index in [2.05, 4.69) is 0 Å². The lowest BCUT2D eigenvalue weighted by Gasteiger charge is -2.19. The summed E-state index contributed by atoms with van der Waals surface area (Å²) in [6, 6.07) is 0. The van der Waals surface area contributed by atoms with Gasteiger partial charge in [-0.25, -0.2) is 0 Å². The fourth-order valence-electron chi connectivity index (χ4n) is 2.46. The van der Waals surface area contributed by atoms with Gasteiger partial charge in [0, 0.05) is 0 Å². The lowest BCUT2D eigenvalue weighted by atomic mass is 9.91. The standard InChI is InChI=1S/C11H16O4/c1-2-14-10(13)8-7-15-11(9(8)12)5-3-4-6-11/h8H,2-7H2,1H3. The molecule has 4 heteroatoms. The molecule has 84 valence electrons. The maximum absolute atomic E-state index is 12.0. The minimum atomic E-state index is -0.678. The van der Waals surface area contributed by atoms with Gasteiger partial charge in [0.1, 0.15) is 11.5 Å². The van der Waals surface area contributed by atoms with Gasteiger partial charge in [0.05, 0.1) is 13.2 Å². The zero-order valence-electron chi connectivity index (χ0n) is 8.95. The van der Waals surface area contributed by atoms with Crippen LogP contribution < -0.4 is 0 Å². The van der Waals surface area contributed by atoms with Crippen molar-refractivity contribution in [3.05, 3.63) is 0 Å². The lowest BCUT2D eigenvalue weighted by molar-refractivity contribution is -0.150. The van der Waals surface area contributed by atoms with Crippen molar-refractivity contribution < 1.29 is 19.1 Å². The molecule has 0 bridgehead atoms. The Bertz CT molecular complexity index is 278. The highest BCUT2D eigenvalue weighted by Crippen LogP contribution is 2.40. The first kappa shape index (κ1) is 10.6. The number of carbonyl (C=O) groups excluding carboxylic acids is 2. The largest absolute Gasteiger partial charge is 0.465 e. The van der Waals surface area contributed by atoms with Gasteiger partial charge in [0.2, 0.25) is 0 Å². The van der Waals surface area contributed by atoms with Gasteiger partial charge in [-0.3, -0.25) is 9.59 Å². The summed E-state index contributed by atoms with van der Waals surface area (Å²) in [5.41, 5.74) is -0.641. The van der Waals surface area contributed by atoms with E-state index in [4.69, 9.17) is 9.47 Å². The van der Waals surface area contributed by atoms with Gasteiger partial charge < -0.3 is 9.47 Å². The fraction of sp³-hybridized carbons (Fsp3) is 0.818. The average Bonchev–Trinajstić information content (AvgIpc) is 2.79. The van der Waals surface area contributed by atoms with E-state index in [1.165, 1.54) is 0 Å². The number of esters is 1. The number of ketones is 1. The average molecular weight is 212 g/mol. The van der Waals surface area contributed by atoms with E-state index in [1.807, 2.05) is 0 Å². The molecule has 1 saturated heterocycles. The van der Waals surface area contributed by atoms with Crippen molar-refractivity contribution in [2.24, 2.45) is 5.92 Å². The Labute approximate surface area is 88.9 Å². The van der Waals surface area contributed by atoms with E-state index in [1.54, 1.807) is 6.92 Å². The molecule has 1 heterocycles. The molecule has 1 saturated carbocycles. The first-order chi connectivity index (χ1) is 7.19. The second kappa shape index (κ2) is 3.93. The van der Waals surface area contributed by atoms with Crippen molar-refractivity contribution in [3.8, 4) is 0 Å². The summed E-state index contributed by atoms with van der Waals surface area (Å²) < 4.78 is 10.4. The second-order valence-electron chi connectivity index (χ2n) is 4.18.